The first-order chi connectivity index (χ1) is 8.22. The minimum absolute atomic E-state index is 0.0266. The van der Waals surface area contributed by atoms with Gasteiger partial charge in [0.2, 0.25) is 0 Å². The molecule has 0 N–H and O–H groups in total. The van der Waals surface area contributed by atoms with Gasteiger partial charge in [0.25, 0.3) is 0 Å². The van der Waals surface area contributed by atoms with Crippen molar-refractivity contribution in [3.63, 3.8) is 0 Å². The molecule has 0 amide bonds. The fraction of sp³-hybridized carbons (Fsp3) is 0.800. The molecule has 3 heteroatoms. The van der Waals surface area contributed by atoms with Crippen molar-refractivity contribution in [3.05, 3.63) is 12.2 Å². The van der Waals surface area contributed by atoms with Gasteiger partial charge in [-0.1, -0.05) is 13.8 Å². The predicted molar refractivity (Wildman–Crippen MR) is 70.2 cm³/mol. The van der Waals surface area contributed by atoms with E-state index in [2.05, 4.69) is 26.8 Å². The number of hydrogen-bond acceptors (Lipinski definition) is 3. The van der Waals surface area contributed by atoms with E-state index in [9.17, 15) is 4.79 Å². The number of hydrogen-bond donors (Lipinski definition) is 0. The van der Waals surface area contributed by atoms with Crippen molar-refractivity contribution in [2.45, 2.75) is 71.2 Å². The van der Waals surface area contributed by atoms with Crippen LogP contribution >= 0.6 is 0 Å². The van der Waals surface area contributed by atoms with E-state index >= 15 is 0 Å². The Kier molecular flexibility index (Phi) is 3.09. The van der Waals surface area contributed by atoms with Crippen LogP contribution in [0.4, 0.5) is 0 Å². The van der Waals surface area contributed by atoms with Crippen LogP contribution in [-0.4, -0.2) is 23.3 Å². The number of epoxide rings is 1. The van der Waals surface area contributed by atoms with Gasteiger partial charge in [0.05, 0.1) is 5.60 Å². The van der Waals surface area contributed by atoms with Crippen LogP contribution in [0.3, 0.4) is 0 Å². The summed E-state index contributed by atoms with van der Waals surface area (Å²) in [4.78, 5) is 10.9. The van der Waals surface area contributed by atoms with Crippen molar-refractivity contribution in [1.29, 1.82) is 0 Å². The van der Waals surface area contributed by atoms with E-state index in [1.165, 1.54) is 19.8 Å². The maximum absolute atomic E-state index is 10.9. The Morgan fingerprint density at radius 1 is 1.33 bits per heavy atom. The molecule has 0 aromatic rings. The van der Waals surface area contributed by atoms with Gasteiger partial charge < -0.3 is 9.47 Å². The van der Waals surface area contributed by atoms with Crippen LogP contribution in [0.5, 0.6) is 0 Å². The van der Waals surface area contributed by atoms with Crippen LogP contribution in [0.15, 0.2) is 12.2 Å². The third-order valence-corrected chi connectivity index (χ3v) is 4.55. The Bertz CT molecular complexity index is 385. The van der Waals surface area contributed by atoms with Gasteiger partial charge in [0.15, 0.2) is 0 Å². The summed E-state index contributed by atoms with van der Waals surface area (Å²) in [5.74, 6) is -0.243. The quantitative estimate of drug-likeness (QED) is 0.440. The second kappa shape index (κ2) is 4.09. The van der Waals surface area contributed by atoms with Crippen LogP contribution in [0.25, 0.3) is 0 Å². The lowest BCUT2D eigenvalue weighted by Gasteiger charge is -2.36. The zero-order valence-electron chi connectivity index (χ0n) is 12.1. The van der Waals surface area contributed by atoms with E-state index in [0.717, 1.165) is 6.42 Å². The van der Waals surface area contributed by atoms with Crippen LogP contribution in [0.2, 0.25) is 0 Å². The molecule has 1 aliphatic heterocycles. The Hall–Kier alpha value is -0.830. The number of fused-ring (bicyclic) bond motifs is 1. The molecule has 3 atom stereocenters. The molecule has 102 valence electrons. The number of esters is 1. The molecule has 2 fully saturated rings. The maximum atomic E-state index is 10.9. The molecule has 0 radical (unpaired) electrons. The molecule has 2 rings (SSSR count). The minimum Gasteiger partial charge on any atom is -0.459 e. The maximum Gasteiger partial charge on any atom is 0.303 e. The van der Waals surface area contributed by atoms with Crippen LogP contribution in [0, 0.1) is 5.41 Å². The van der Waals surface area contributed by atoms with E-state index < -0.39 is 0 Å². The molecular weight excluding hydrogens is 228 g/mol. The third kappa shape index (κ3) is 1.99. The summed E-state index contributed by atoms with van der Waals surface area (Å²) in [6, 6.07) is 0. The van der Waals surface area contributed by atoms with Crippen molar-refractivity contribution < 1.29 is 14.3 Å². The van der Waals surface area contributed by atoms with Gasteiger partial charge in [-0.05, 0) is 45.3 Å². The topological polar surface area (TPSA) is 38.8 Å². The number of ether oxygens (including phenoxy) is 2. The summed E-state index contributed by atoms with van der Waals surface area (Å²) >= 11 is 0. The van der Waals surface area contributed by atoms with Gasteiger partial charge in [-0.25, -0.2) is 0 Å². The van der Waals surface area contributed by atoms with E-state index in [1.807, 2.05) is 13.0 Å². The zero-order chi connectivity index (χ0) is 13.6. The highest BCUT2D eigenvalue weighted by Crippen LogP contribution is 2.65. The van der Waals surface area contributed by atoms with Gasteiger partial charge >= 0.3 is 5.97 Å². The third-order valence-electron chi connectivity index (χ3n) is 4.55. The minimum atomic E-state index is -0.243. The highest BCUT2D eigenvalue weighted by molar-refractivity contribution is 5.66. The Morgan fingerprint density at radius 2 is 2.00 bits per heavy atom. The van der Waals surface area contributed by atoms with Crippen LogP contribution in [-0.2, 0) is 14.3 Å². The highest BCUT2D eigenvalue weighted by atomic mass is 16.6. The van der Waals surface area contributed by atoms with Gasteiger partial charge in [-0.2, -0.15) is 0 Å². The van der Waals surface area contributed by atoms with Gasteiger partial charge in [0.1, 0.15) is 11.7 Å². The second-order valence-electron chi connectivity index (χ2n) is 6.48. The smallest absolute Gasteiger partial charge is 0.303 e. The normalized spacial score (nSPS) is 39.2. The number of rotatable bonds is 3. The molecule has 0 aromatic heterocycles. The monoisotopic (exact) mass is 252 g/mol. The first-order valence-electron chi connectivity index (χ1n) is 6.79. The molecule has 1 saturated heterocycles. The SMILES string of the molecule is CC(=O)O[C@H](C)C=C[C@]12O[C@@]1(C)CCCC2(C)C. The summed E-state index contributed by atoms with van der Waals surface area (Å²) in [5.41, 5.74) is -0.0553. The highest BCUT2D eigenvalue weighted by Gasteiger charge is 2.73. The summed E-state index contributed by atoms with van der Waals surface area (Å²) in [6.45, 7) is 10.0. The molecule has 18 heavy (non-hydrogen) atoms. The first-order valence-corrected chi connectivity index (χ1v) is 6.79. The second-order valence-corrected chi connectivity index (χ2v) is 6.48. The lowest BCUT2D eigenvalue weighted by molar-refractivity contribution is -0.143. The Labute approximate surface area is 110 Å². The van der Waals surface area contributed by atoms with Crippen molar-refractivity contribution >= 4 is 5.97 Å². The standard InChI is InChI=1S/C15H24O3/c1-11(17-12(2)16)7-10-15-13(3,4)8-6-9-14(15,5)18-15/h7,10-11H,6,8-9H2,1-5H3/t11-,14+,15-/m1/s1. The molecule has 1 saturated carbocycles. The lowest BCUT2D eigenvalue weighted by Crippen LogP contribution is -2.41. The van der Waals surface area contributed by atoms with Crippen molar-refractivity contribution in [1.82, 2.24) is 0 Å². The van der Waals surface area contributed by atoms with Crippen molar-refractivity contribution in [2.75, 3.05) is 0 Å². The van der Waals surface area contributed by atoms with Crippen LogP contribution in [0.1, 0.15) is 53.9 Å². The summed E-state index contributed by atoms with van der Waals surface area (Å²) in [6.07, 6.45) is 7.40. The molecule has 1 heterocycles. The summed E-state index contributed by atoms with van der Waals surface area (Å²) < 4.78 is 11.2. The molecular formula is C15H24O3. The Morgan fingerprint density at radius 3 is 2.56 bits per heavy atom. The molecule has 1 aliphatic carbocycles. The zero-order valence-corrected chi connectivity index (χ0v) is 12.1. The average Bonchev–Trinajstić information content (AvgIpc) is 2.82. The van der Waals surface area contributed by atoms with Gasteiger partial charge in [-0.15, -0.1) is 0 Å². The fourth-order valence-corrected chi connectivity index (χ4v) is 3.48. The predicted octanol–water partition coefficient (Wildman–Crippen LogP) is 3.23. The van der Waals surface area contributed by atoms with E-state index in [1.54, 1.807) is 0 Å². The molecule has 0 unspecified atom stereocenters. The molecule has 2 aliphatic rings. The van der Waals surface area contributed by atoms with Crippen molar-refractivity contribution in [3.8, 4) is 0 Å². The number of carbonyl (C=O) groups is 1. The van der Waals surface area contributed by atoms with Crippen LogP contribution < -0.4 is 0 Å². The van der Waals surface area contributed by atoms with Gasteiger partial charge in [0, 0.05) is 12.3 Å². The summed E-state index contributed by atoms with van der Waals surface area (Å²) in [7, 11) is 0. The van der Waals surface area contributed by atoms with E-state index in [0.29, 0.717) is 0 Å². The van der Waals surface area contributed by atoms with E-state index in [4.69, 9.17) is 9.47 Å². The fourth-order valence-electron chi connectivity index (χ4n) is 3.48. The largest absolute Gasteiger partial charge is 0.459 e. The first kappa shape index (κ1) is 13.6. The number of carbonyl (C=O) groups excluding carboxylic acids is 1. The lowest BCUT2D eigenvalue weighted by atomic mass is 9.64. The molecule has 0 aromatic carbocycles. The molecule has 0 bridgehead atoms. The molecule has 3 nitrogen and oxygen atoms in total. The van der Waals surface area contributed by atoms with Gasteiger partial charge in [-0.3, -0.25) is 4.79 Å². The average molecular weight is 252 g/mol. The van der Waals surface area contributed by atoms with E-state index in [-0.39, 0.29) is 28.7 Å². The Balaban J connectivity index is 2.12. The summed E-state index contributed by atoms with van der Waals surface area (Å²) in [5, 5.41) is 0. The molecule has 0 spiro atoms. The van der Waals surface area contributed by atoms with Crippen molar-refractivity contribution in [2.24, 2.45) is 5.41 Å².